The van der Waals surface area contributed by atoms with E-state index in [-0.39, 0.29) is 5.91 Å². The van der Waals surface area contributed by atoms with Gasteiger partial charge in [0.2, 0.25) is 0 Å². The lowest BCUT2D eigenvalue weighted by Crippen LogP contribution is -2.28. The van der Waals surface area contributed by atoms with E-state index in [0.29, 0.717) is 18.0 Å². The van der Waals surface area contributed by atoms with Gasteiger partial charge in [-0.25, -0.2) is 0 Å². The van der Waals surface area contributed by atoms with Crippen molar-refractivity contribution in [1.82, 2.24) is 0 Å². The molecular weight excluding hydrogens is 225 g/mol. The van der Waals surface area contributed by atoms with Gasteiger partial charge in [-0.2, -0.15) is 0 Å². The summed E-state index contributed by atoms with van der Waals surface area (Å²) in [7, 11) is 0. The van der Waals surface area contributed by atoms with E-state index in [9.17, 15) is 4.79 Å². The van der Waals surface area contributed by atoms with E-state index in [0.717, 1.165) is 11.2 Å². The van der Waals surface area contributed by atoms with Crippen LogP contribution in [0.25, 0.3) is 0 Å². The Kier molecular flexibility index (Phi) is 3.56. The van der Waals surface area contributed by atoms with Crippen molar-refractivity contribution in [2.24, 2.45) is 0 Å². The van der Waals surface area contributed by atoms with E-state index in [2.05, 4.69) is 19.0 Å². The van der Waals surface area contributed by atoms with Crippen molar-refractivity contribution in [3.63, 3.8) is 0 Å². The topological polar surface area (TPSA) is 42.2 Å². The molecule has 92 valence electrons. The average Bonchev–Trinajstić information content (AvgIpc) is 2.76. The van der Waals surface area contributed by atoms with Gasteiger partial charge in [0.05, 0.1) is 11.8 Å². The predicted octanol–water partition coefficient (Wildman–Crippen LogP) is 2.80. The third kappa shape index (κ3) is 2.48. The quantitative estimate of drug-likeness (QED) is 0.839. The van der Waals surface area contributed by atoms with Crippen LogP contribution in [0.3, 0.4) is 0 Å². The first kappa shape index (κ1) is 12.5. The van der Waals surface area contributed by atoms with Crippen molar-refractivity contribution in [3.05, 3.63) is 47.9 Å². The number of aryl methyl sites for hydroxylation is 1. The highest BCUT2D eigenvalue weighted by molar-refractivity contribution is 6.72. The molecule has 1 aromatic heterocycles. The molecule has 1 aromatic carbocycles. The summed E-state index contributed by atoms with van der Waals surface area (Å²) in [6.07, 6.45) is 1.53. The number of para-hydroxylation sites is 1. The number of amides is 1. The minimum Gasteiger partial charge on any atom is -0.469 e. The standard InChI is InChI=1S/C14H16BNO2/c1-10-11(8-9-18-10)14(17)16-13-7-5-4-6-12(13)15(2)3/h4-9H,1-3H3,(H,16,17). The van der Waals surface area contributed by atoms with Crippen molar-refractivity contribution >= 4 is 23.8 Å². The zero-order chi connectivity index (χ0) is 13.1. The SMILES string of the molecule is CB(C)c1ccccc1NC(=O)c1ccoc1C. The number of nitrogens with one attached hydrogen (secondary N) is 1. The molecule has 0 unspecified atom stereocenters. The molecule has 1 amide bonds. The monoisotopic (exact) mass is 241 g/mol. The first-order chi connectivity index (χ1) is 8.59. The number of hydrogen-bond donors (Lipinski definition) is 1. The first-order valence-corrected chi connectivity index (χ1v) is 6.04. The van der Waals surface area contributed by atoms with Crippen LogP contribution in [0, 0.1) is 6.92 Å². The molecule has 0 aliphatic heterocycles. The molecule has 1 N–H and O–H groups in total. The van der Waals surface area contributed by atoms with Crippen LogP contribution < -0.4 is 10.8 Å². The molecule has 0 atom stereocenters. The second-order valence-corrected chi connectivity index (χ2v) is 4.59. The third-order valence-corrected chi connectivity index (χ3v) is 2.93. The van der Waals surface area contributed by atoms with E-state index in [1.807, 2.05) is 24.3 Å². The van der Waals surface area contributed by atoms with Crippen LogP contribution in [-0.2, 0) is 0 Å². The molecule has 0 fully saturated rings. The fourth-order valence-corrected chi connectivity index (χ4v) is 1.92. The van der Waals surface area contributed by atoms with Crippen LogP contribution >= 0.6 is 0 Å². The molecule has 4 heteroatoms. The molecule has 0 radical (unpaired) electrons. The number of furan rings is 1. The van der Waals surface area contributed by atoms with E-state index in [1.54, 1.807) is 13.0 Å². The number of carbonyl (C=O) groups is 1. The summed E-state index contributed by atoms with van der Waals surface area (Å²) in [4.78, 5) is 12.1. The smallest absolute Gasteiger partial charge is 0.259 e. The summed E-state index contributed by atoms with van der Waals surface area (Å²) < 4.78 is 5.14. The zero-order valence-corrected chi connectivity index (χ0v) is 10.9. The van der Waals surface area contributed by atoms with Gasteiger partial charge in [-0.1, -0.05) is 37.3 Å². The van der Waals surface area contributed by atoms with Crippen molar-refractivity contribution in [2.75, 3.05) is 5.32 Å². The van der Waals surface area contributed by atoms with Gasteiger partial charge in [0.25, 0.3) is 5.91 Å². The van der Waals surface area contributed by atoms with Crippen LogP contribution in [-0.4, -0.2) is 12.6 Å². The average molecular weight is 241 g/mol. The minimum absolute atomic E-state index is 0.130. The van der Waals surface area contributed by atoms with Gasteiger partial charge in [-0.05, 0) is 19.1 Å². The third-order valence-electron chi connectivity index (χ3n) is 2.93. The van der Waals surface area contributed by atoms with Gasteiger partial charge in [0, 0.05) is 5.69 Å². The summed E-state index contributed by atoms with van der Waals surface area (Å²) in [6.45, 7) is 6.36. The summed E-state index contributed by atoms with van der Waals surface area (Å²) >= 11 is 0. The van der Waals surface area contributed by atoms with Crippen LogP contribution in [0.1, 0.15) is 16.1 Å². The van der Waals surface area contributed by atoms with Crippen molar-refractivity contribution in [2.45, 2.75) is 20.6 Å². The highest BCUT2D eigenvalue weighted by Gasteiger charge is 2.14. The number of anilines is 1. The Morgan fingerprint density at radius 3 is 2.56 bits per heavy atom. The maximum atomic E-state index is 12.1. The highest BCUT2D eigenvalue weighted by Crippen LogP contribution is 2.12. The molecule has 0 spiro atoms. The van der Waals surface area contributed by atoms with Gasteiger partial charge in [0.15, 0.2) is 6.71 Å². The molecule has 1 heterocycles. The molecule has 0 aliphatic carbocycles. The zero-order valence-electron chi connectivity index (χ0n) is 10.9. The second-order valence-electron chi connectivity index (χ2n) is 4.59. The first-order valence-electron chi connectivity index (χ1n) is 6.04. The highest BCUT2D eigenvalue weighted by atomic mass is 16.3. The normalized spacial score (nSPS) is 10.2. The van der Waals surface area contributed by atoms with Crippen molar-refractivity contribution in [1.29, 1.82) is 0 Å². The molecule has 0 saturated carbocycles. The Hall–Kier alpha value is -1.97. The lowest BCUT2D eigenvalue weighted by atomic mass is 9.49. The van der Waals surface area contributed by atoms with Crippen LogP contribution in [0.2, 0.25) is 13.6 Å². The van der Waals surface area contributed by atoms with Crippen LogP contribution in [0.4, 0.5) is 5.69 Å². The minimum atomic E-state index is -0.130. The summed E-state index contributed by atoms with van der Waals surface area (Å²) in [5.41, 5.74) is 2.57. The van der Waals surface area contributed by atoms with Gasteiger partial charge in [-0.3, -0.25) is 4.79 Å². The molecular formula is C14H16BNO2. The van der Waals surface area contributed by atoms with Gasteiger partial charge in [0.1, 0.15) is 5.76 Å². The van der Waals surface area contributed by atoms with Crippen LogP contribution in [0.5, 0.6) is 0 Å². The Morgan fingerprint density at radius 2 is 1.94 bits per heavy atom. The molecule has 18 heavy (non-hydrogen) atoms. The lowest BCUT2D eigenvalue weighted by Gasteiger charge is -2.11. The molecule has 2 aromatic rings. The number of hydrogen-bond acceptors (Lipinski definition) is 2. The van der Waals surface area contributed by atoms with E-state index in [4.69, 9.17) is 4.42 Å². The summed E-state index contributed by atoms with van der Waals surface area (Å²) in [5, 5.41) is 2.94. The van der Waals surface area contributed by atoms with Gasteiger partial charge in [-0.15, -0.1) is 0 Å². The maximum absolute atomic E-state index is 12.1. The predicted molar refractivity (Wildman–Crippen MR) is 75.0 cm³/mol. The Balaban J connectivity index is 2.25. The molecule has 0 aliphatic rings. The van der Waals surface area contributed by atoms with E-state index in [1.165, 1.54) is 6.26 Å². The van der Waals surface area contributed by atoms with E-state index < -0.39 is 0 Å². The Bertz CT molecular complexity index is 560. The molecule has 3 nitrogen and oxygen atoms in total. The molecule has 0 saturated heterocycles. The lowest BCUT2D eigenvalue weighted by molar-refractivity contribution is 0.102. The Labute approximate surface area is 107 Å². The number of carbonyl (C=O) groups excluding carboxylic acids is 1. The van der Waals surface area contributed by atoms with E-state index >= 15 is 0 Å². The summed E-state index contributed by atoms with van der Waals surface area (Å²) in [6, 6.07) is 9.53. The number of rotatable bonds is 3. The summed E-state index contributed by atoms with van der Waals surface area (Å²) in [5.74, 6) is 0.504. The number of benzene rings is 1. The fraction of sp³-hybridized carbons (Fsp3) is 0.214. The van der Waals surface area contributed by atoms with Gasteiger partial charge >= 0.3 is 0 Å². The van der Waals surface area contributed by atoms with Crippen molar-refractivity contribution in [3.8, 4) is 0 Å². The Morgan fingerprint density at radius 1 is 1.22 bits per heavy atom. The van der Waals surface area contributed by atoms with Gasteiger partial charge < -0.3 is 9.73 Å². The van der Waals surface area contributed by atoms with Crippen molar-refractivity contribution < 1.29 is 9.21 Å². The van der Waals surface area contributed by atoms with Crippen LogP contribution in [0.15, 0.2) is 41.0 Å². The second kappa shape index (κ2) is 5.13. The fourth-order valence-electron chi connectivity index (χ4n) is 1.92. The maximum Gasteiger partial charge on any atom is 0.259 e. The largest absolute Gasteiger partial charge is 0.469 e. The molecule has 2 rings (SSSR count). The molecule has 0 bridgehead atoms.